The first kappa shape index (κ1) is 136. The zero-order chi connectivity index (χ0) is 104. The molecule has 3 aromatic carbocycles. The summed E-state index contributed by atoms with van der Waals surface area (Å²) in [6, 6.07) is 16.9. The third kappa shape index (κ3) is 89.1. The zero-order valence-electron chi connectivity index (χ0n) is 90.6. The van der Waals surface area contributed by atoms with Gasteiger partial charge in [0.2, 0.25) is 0 Å². The Morgan fingerprint density at radius 2 is 0.699 bits per heavy atom. The van der Waals surface area contributed by atoms with Crippen LogP contribution in [0.1, 0.15) is 282 Å². The molecule has 0 aliphatic heterocycles. The highest BCUT2D eigenvalue weighted by Gasteiger charge is 2.17. The summed E-state index contributed by atoms with van der Waals surface area (Å²) in [6.07, 6.45) is 14.3. The number of unbranched alkanes of at least 4 members (excludes halogenated alkanes) is 2. The predicted octanol–water partition coefficient (Wildman–Crippen LogP) is 19.7. The molecule has 0 bridgehead atoms. The third-order valence-corrected chi connectivity index (χ3v) is 20.4. The molecule has 5 N–H and O–H groups in total. The Kier molecular flexibility index (Phi) is 88.8. The van der Waals surface area contributed by atoms with Gasteiger partial charge in [-0.1, -0.05) is 211 Å². The van der Waals surface area contributed by atoms with Crippen molar-refractivity contribution in [3.63, 3.8) is 0 Å². The van der Waals surface area contributed by atoms with Crippen molar-refractivity contribution >= 4 is 40.5 Å². The maximum Gasteiger partial charge on any atom is 0.160 e. The fourth-order valence-corrected chi connectivity index (χ4v) is 11.0. The van der Waals surface area contributed by atoms with Gasteiger partial charge in [-0.15, -0.1) is 0 Å². The monoisotopic (exact) mass is 1930 g/mol. The van der Waals surface area contributed by atoms with Crippen LogP contribution < -0.4 is 40.8 Å². The number of halogens is 3. The quantitative estimate of drug-likeness (QED) is 0.0259. The molecule has 3 rings (SSSR count). The number of Topliss-reactive ketones (excluding diaryl/α,β-unsaturated/α-hetero) is 7. The molecular formula is C109H195F3N6O18. The summed E-state index contributed by atoms with van der Waals surface area (Å²) in [7, 11) is 2.12. The van der Waals surface area contributed by atoms with Gasteiger partial charge in [-0.05, 0) is 150 Å². The number of benzene rings is 3. The zero-order valence-corrected chi connectivity index (χ0v) is 90.6. The summed E-state index contributed by atoms with van der Waals surface area (Å²) in [4.78, 5) is 82.2. The largest absolute Gasteiger partial charge is 0.492 e. The molecule has 0 spiro atoms. The molecule has 24 nitrogen and oxygen atoms in total. The van der Waals surface area contributed by atoms with Crippen LogP contribution in [0.25, 0.3) is 0 Å². The fraction of sp³-hybridized carbons (Fsp3) is 0.752. The Bertz CT molecular complexity index is 3480. The number of ether oxygens (including phenoxy) is 11. The van der Waals surface area contributed by atoms with E-state index in [1.54, 1.807) is 24.3 Å². The van der Waals surface area contributed by atoms with Crippen LogP contribution in [0.3, 0.4) is 0 Å². The van der Waals surface area contributed by atoms with Gasteiger partial charge < -0.3 is 83.6 Å². The van der Waals surface area contributed by atoms with Crippen molar-refractivity contribution in [2.45, 2.75) is 327 Å². The number of hydrogen-bond donors (Lipinski definition) is 5. The van der Waals surface area contributed by atoms with Crippen LogP contribution >= 0.6 is 0 Å². The lowest BCUT2D eigenvalue weighted by Crippen LogP contribution is -2.33. The molecule has 3 aromatic rings. The lowest BCUT2D eigenvalue weighted by Gasteiger charge is -2.20. The van der Waals surface area contributed by atoms with Gasteiger partial charge in [-0.2, -0.15) is 0 Å². The molecule has 0 aromatic heterocycles. The lowest BCUT2D eigenvalue weighted by molar-refractivity contribution is -0.127. The Labute approximate surface area is 823 Å². The Morgan fingerprint density at radius 3 is 1.15 bits per heavy atom. The smallest absolute Gasteiger partial charge is 0.160 e. The van der Waals surface area contributed by atoms with Gasteiger partial charge in [0.15, 0.2) is 23.1 Å². The summed E-state index contributed by atoms with van der Waals surface area (Å²) in [5, 5.41) is 16.4. The second-order valence-corrected chi connectivity index (χ2v) is 38.7. The number of aryl methyl sites for hydroxylation is 3. The van der Waals surface area contributed by atoms with Gasteiger partial charge in [0.25, 0.3) is 0 Å². The van der Waals surface area contributed by atoms with E-state index in [1.807, 2.05) is 122 Å². The molecule has 0 amide bonds. The Balaban J connectivity index is -0.000000749. The van der Waals surface area contributed by atoms with Crippen molar-refractivity contribution in [3.8, 4) is 17.2 Å². The number of nitrogens with zero attached hydrogens (tertiary/aromatic N) is 1. The minimum atomic E-state index is -0.323. The average Bonchev–Trinajstić information content (AvgIpc) is 0.883. The van der Waals surface area contributed by atoms with E-state index in [9.17, 15) is 46.7 Å². The third-order valence-electron chi connectivity index (χ3n) is 20.4. The number of ketones is 7. The van der Waals surface area contributed by atoms with E-state index in [0.717, 1.165) is 103 Å². The van der Waals surface area contributed by atoms with E-state index in [0.29, 0.717) is 169 Å². The van der Waals surface area contributed by atoms with Crippen LogP contribution in [-0.2, 0) is 90.7 Å². The SMILES string of the molecule is CC(C)C(=O)COCCOCCCN(C)C(C)C.CC(C)CCCCCOCCCOCC(=O)C(C)C.CC(C)NCC(C)Oc1ccc(F)c(CCC(=O)C(C)C)c1.CC(C)NCCCOCCOCC(=O)C(C)C.CC(C)NCCOC/C=C\COCC(=O)C(C)C.CC(C)NCCOc1cc(F)cc(CCC(=O)C(C)C)c1.CC(C)NCCOc1ccc(F)c(CCC(=O)C(C)C)c1. The minimum absolute atomic E-state index is 0.00185. The number of carbonyl (C=O) groups excluding carboxylic acids is 7. The van der Waals surface area contributed by atoms with Crippen molar-refractivity contribution in [3.05, 3.63) is 101 Å². The van der Waals surface area contributed by atoms with E-state index >= 15 is 0 Å². The highest BCUT2D eigenvalue weighted by Crippen LogP contribution is 2.23. The molecule has 0 radical (unpaired) electrons. The van der Waals surface area contributed by atoms with Gasteiger partial charge in [0.1, 0.15) is 97.8 Å². The first-order valence-corrected chi connectivity index (χ1v) is 50.7. The molecule has 27 heteroatoms. The van der Waals surface area contributed by atoms with Gasteiger partial charge in [-0.25, -0.2) is 13.2 Å². The Morgan fingerprint density at radius 1 is 0.331 bits per heavy atom. The van der Waals surface area contributed by atoms with E-state index in [2.05, 4.69) is 135 Å². The first-order chi connectivity index (χ1) is 64.1. The number of nitrogens with one attached hydrogen (secondary N) is 5. The van der Waals surface area contributed by atoms with E-state index < -0.39 is 0 Å². The number of carbonyl (C=O) groups is 7. The molecule has 0 aliphatic carbocycles. The molecule has 0 saturated carbocycles. The van der Waals surface area contributed by atoms with Crippen molar-refractivity contribution < 1.29 is 98.8 Å². The van der Waals surface area contributed by atoms with Crippen LogP contribution in [0.2, 0.25) is 0 Å². The second-order valence-electron chi connectivity index (χ2n) is 38.7. The summed E-state index contributed by atoms with van der Waals surface area (Å²) in [5.74, 6) is 3.08. The van der Waals surface area contributed by atoms with Crippen LogP contribution in [0.5, 0.6) is 17.2 Å². The predicted molar refractivity (Wildman–Crippen MR) is 550 cm³/mol. The van der Waals surface area contributed by atoms with Crippen LogP contribution in [-0.4, -0.2) is 253 Å². The van der Waals surface area contributed by atoms with Crippen LogP contribution in [0, 0.1) is 64.8 Å². The summed E-state index contributed by atoms with van der Waals surface area (Å²) >= 11 is 0. The van der Waals surface area contributed by atoms with Gasteiger partial charge >= 0.3 is 0 Å². The highest BCUT2D eigenvalue weighted by atomic mass is 19.1. The van der Waals surface area contributed by atoms with Crippen LogP contribution in [0.15, 0.2) is 66.7 Å². The normalized spacial score (nSPS) is 11.7. The molecule has 1 atom stereocenters. The van der Waals surface area contributed by atoms with Gasteiger partial charge in [0, 0.05) is 169 Å². The highest BCUT2D eigenvalue weighted by molar-refractivity contribution is 5.83. The topological polar surface area (TPSA) is 284 Å². The molecule has 136 heavy (non-hydrogen) atoms. The lowest BCUT2D eigenvalue weighted by atomic mass is 10.0. The number of hydrogen-bond acceptors (Lipinski definition) is 24. The maximum atomic E-state index is 13.8. The average molecular weight is 1930 g/mol. The molecular weight excluding hydrogens is 1740 g/mol. The summed E-state index contributed by atoms with van der Waals surface area (Å²) in [5.41, 5.74) is 1.88. The van der Waals surface area contributed by atoms with Gasteiger partial charge in [-0.3, -0.25) is 33.6 Å². The van der Waals surface area contributed by atoms with Crippen molar-refractivity contribution in [1.29, 1.82) is 0 Å². The van der Waals surface area contributed by atoms with Crippen LogP contribution in [0.4, 0.5) is 13.2 Å². The minimum Gasteiger partial charge on any atom is -0.492 e. The van der Waals surface area contributed by atoms with Crippen molar-refractivity contribution in [1.82, 2.24) is 31.5 Å². The van der Waals surface area contributed by atoms with Crippen molar-refractivity contribution in [2.75, 3.05) is 165 Å². The van der Waals surface area contributed by atoms with E-state index in [-0.39, 0.29) is 132 Å². The molecule has 0 aliphatic rings. The molecule has 1 unspecified atom stereocenters. The molecule has 790 valence electrons. The molecule has 0 fully saturated rings. The standard InChI is InChI=1S/C18H28FNO2.2C17H26FNO2.C16H32O3.C14H29NO3.C14H27NO3.C13H27NO3/c1-12(2)18(21)9-6-15-10-16(7-8-17(15)19)22-14(5)11-20-13(3)4;1-12(2)17(20)8-5-14-11-15(6-7-16(14)18)21-10-9-19-13(3)4;1-12(2)17(20)6-5-14-9-15(18)11-16(10-14)21-8-7-19-13(3)4;1-14(2)9-6-5-7-10-18-11-8-12-19-13-16(17)15(3)4;1-12(2)14(16)11-18-10-9-17-8-6-7-15(5)13(3)4;1-12(2)14(16)11-18-9-6-5-8-17-10-7-15-13(3)4;1-11(2)13(15)10-17-9-8-16-7-5-6-14-12(3)4/h7-8,10,12-14,20H,6,9,11H2,1-5H3;6-7,11-13,19H,5,8-10H2,1-4H3;9-13,19H,5-8H2,1-4H3;14-15H,5-13H2,1-4H3;12-13H,6-11H2,1-5H3;5-6,12-13,15H,7-11H2,1-4H3;11-12,14H,5-10H2,1-4H3/b;;;;;6-5-;. The van der Waals surface area contributed by atoms with Gasteiger partial charge in [0.05, 0.1) is 46.2 Å². The molecule has 0 saturated heterocycles. The second kappa shape index (κ2) is 88.9. The molecule has 0 heterocycles. The van der Waals surface area contributed by atoms with E-state index in [4.69, 9.17) is 52.1 Å². The summed E-state index contributed by atoms with van der Waals surface area (Å²) in [6.45, 7) is 72.5. The summed E-state index contributed by atoms with van der Waals surface area (Å²) < 4.78 is 101. The van der Waals surface area contributed by atoms with Crippen molar-refractivity contribution in [2.24, 2.45) is 47.3 Å². The first-order valence-electron chi connectivity index (χ1n) is 50.7. The van der Waals surface area contributed by atoms with E-state index in [1.165, 1.54) is 43.5 Å². The number of rotatable bonds is 73. The fourth-order valence-electron chi connectivity index (χ4n) is 11.0. The maximum absolute atomic E-state index is 13.8. The Hall–Kier alpha value is -6.28.